The minimum atomic E-state index is -4.30. The van der Waals surface area contributed by atoms with E-state index < -0.39 is 45.5 Å². The monoisotopic (exact) mass is 712 g/mol. The van der Waals surface area contributed by atoms with Crippen LogP contribution in [0, 0.1) is 12.7 Å². The zero-order valence-corrected chi connectivity index (χ0v) is 29.2. The SMILES string of the molecule is Cc1ccc2c(N([C@H]3CCC3(F)F)S(C)(=O)=O)c(F)ccc2c1Oc1ncccc1-c1ccnc(NC2CCCN(C(=O)OC(C)(C)C)C2)n1. The van der Waals surface area contributed by atoms with E-state index in [0.29, 0.717) is 45.6 Å². The summed E-state index contributed by atoms with van der Waals surface area (Å²) in [6.45, 7) is 8.24. The molecule has 4 aromatic rings. The maximum absolute atomic E-state index is 15.5. The Kier molecular flexibility index (Phi) is 9.31. The average Bonchev–Trinajstić information content (AvgIpc) is 3.04. The van der Waals surface area contributed by atoms with Crippen LogP contribution in [-0.4, -0.2) is 77.3 Å². The van der Waals surface area contributed by atoms with Crippen molar-refractivity contribution in [1.82, 2.24) is 19.9 Å². The molecular formula is C35H39F3N6O5S. The number of benzene rings is 2. The van der Waals surface area contributed by atoms with Gasteiger partial charge in [0.2, 0.25) is 21.9 Å². The summed E-state index contributed by atoms with van der Waals surface area (Å²) in [5, 5.41) is 3.73. The van der Waals surface area contributed by atoms with Crippen LogP contribution < -0.4 is 14.4 Å². The number of nitrogens with one attached hydrogen (secondary N) is 1. The summed E-state index contributed by atoms with van der Waals surface area (Å²) in [7, 11) is -4.30. The number of sulfonamides is 1. The second kappa shape index (κ2) is 13.2. The van der Waals surface area contributed by atoms with E-state index in [2.05, 4.69) is 15.3 Å². The molecule has 1 N–H and O–H groups in total. The van der Waals surface area contributed by atoms with Gasteiger partial charge < -0.3 is 19.7 Å². The molecule has 2 aromatic carbocycles. The first kappa shape index (κ1) is 35.2. The molecule has 1 amide bonds. The van der Waals surface area contributed by atoms with Gasteiger partial charge in [-0.05, 0) is 82.9 Å². The Bertz CT molecular complexity index is 2040. The van der Waals surface area contributed by atoms with Gasteiger partial charge in [0, 0.05) is 48.7 Å². The Morgan fingerprint density at radius 1 is 1.06 bits per heavy atom. The van der Waals surface area contributed by atoms with E-state index in [1.54, 1.807) is 42.3 Å². The lowest BCUT2D eigenvalue weighted by Crippen LogP contribution is -2.57. The third-order valence-corrected chi connectivity index (χ3v) is 9.83. The van der Waals surface area contributed by atoms with E-state index in [9.17, 15) is 22.0 Å². The molecule has 1 saturated carbocycles. The van der Waals surface area contributed by atoms with Gasteiger partial charge >= 0.3 is 6.09 Å². The predicted octanol–water partition coefficient (Wildman–Crippen LogP) is 7.31. The molecule has 2 fully saturated rings. The standard InChI is InChI=1S/C35H39F3N6O5S/c1-21-10-11-23-24(12-13-26(36)29(23)44(50(5,46)47)28-14-16-35(28,37)38)30(21)48-31-25(9-6-17-39-31)27-15-18-40-32(42-27)41-22-8-7-19-43(20-22)33(45)49-34(2,3)4/h6,9-13,15,17-18,22,28H,7-8,14,16,19-20H2,1-5H3,(H,40,41,42)/t22?,28-/m0/s1. The molecule has 11 nitrogen and oxygen atoms in total. The molecular weight excluding hydrogens is 673 g/mol. The van der Waals surface area contributed by atoms with Crippen molar-refractivity contribution in [2.45, 2.75) is 77.0 Å². The fourth-order valence-electron chi connectivity index (χ4n) is 6.25. The summed E-state index contributed by atoms with van der Waals surface area (Å²) >= 11 is 0. The number of piperidine rings is 1. The molecule has 1 aliphatic carbocycles. The Balaban J connectivity index is 1.31. The Labute approximate surface area is 288 Å². The number of aromatic nitrogens is 3. The summed E-state index contributed by atoms with van der Waals surface area (Å²) < 4.78 is 82.9. The van der Waals surface area contributed by atoms with Crippen molar-refractivity contribution in [1.29, 1.82) is 0 Å². The maximum Gasteiger partial charge on any atom is 0.410 e. The van der Waals surface area contributed by atoms with Crippen molar-refractivity contribution >= 4 is 38.5 Å². The summed E-state index contributed by atoms with van der Waals surface area (Å²) in [6, 6.07) is 8.93. The number of carbonyl (C=O) groups is 1. The number of likely N-dealkylation sites (tertiary alicyclic amines) is 1. The van der Waals surface area contributed by atoms with Gasteiger partial charge in [-0.15, -0.1) is 0 Å². The van der Waals surface area contributed by atoms with Gasteiger partial charge in [0.05, 0.1) is 23.2 Å². The average molecular weight is 713 g/mol. The van der Waals surface area contributed by atoms with Crippen LogP contribution in [0.15, 0.2) is 54.9 Å². The smallest absolute Gasteiger partial charge is 0.410 e. The number of anilines is 2. The van der Waals surface area contributed by atoms with Crippen LogP contribution in [0.1, 0.15) is 52.0 Å². The van der Waals surface area contributed by atoms with Gasteiger partial charge in [-0.2, -0.15) is 0 Å². The number of hydrogen-bond acceptors (Lipinski definition) is 9. The van der Waals surface area contributed by atoms with Gasteiger partial charge in [0.25, 0.3) is 5.92 Å². The number of rotatable bonds is 8. The molecule has 2 aliphatic rings. The number of hydrogen-bond donors (Lipinski definition) is 1. The summed E-state index contributed by atoms with van der Waals surface area (Å²) in [4.78, 5) is 27.9. The highest BCUT2D eigenvalue weighted by atomic mass is 32.2. The topological polar surface area (TPSA) is 127 Å². The molecule has 50 heavy (non-hydrogen) atoms. The molecule has 6 rings (SSSR count). The number of fused-ring (bicyclic) bond motifs is 1. The van der Waals surface area contributed by atoms with Crippen molar-refractivity contribution in [3.8, 4) is 22.9 Å². The molecule has 2 aromatic heterocycles. The third-order valence-electron chi connectivity index (χ3n) is 8.68. The number of ether oxygens (including phenoxy) is 2. The number of aryl methyl sites for hydroxylation is 1. The molecule has 3 heterocycles. The first-order valence-corrected chi connectivity index (χ1v) is 18.2. The molecule has 15 heteroatoms. The normalized spacial score (nSPS) is 19.1. The summed E-state index contributed by atoms with van der Waals surface area (Å²) in [6.07, 6.45) is 4.51. The van der Waals surface area contributed by atoms with Crippen molar-refractivity contribution in [3.05, 3.63) is 66.2 Å². The van der Waals surface area contributed by atoms with Gasteiger partial charge in [-0.3, -0.25) is 4.31 Å². The molecule has 266 valence electrons. The number of alkyl halides is 2. The lowest BCUT2D eigenvalue weighted by Gasteiger charge is -2.43. The van der Waals surface area contributed by atoms with E-state index >= 15 is 4.39 Å². The molecule has 0 bridgehead atoms. The minimum Gasteiger partial charge on any atom is -0.444 e. The molecule has 1 unspecified atom stereocenters. The highest BCUT2D eigenvalue weighted by molar-refractivity contribution is 7.92. The first-order chi connectivity index (χ1) is 23.5. The minimum absolute atomic E-state index is 0.0950. The zero-order valence-electron chi connectivity index (χ0n) is 28.4. The summed E-state index contributed by atoms with van der Waals surface area (Å²) in [5.41, 5.74) is 0.530. The van der Waals surface area contributed by atoms with Crippen LogP contribution in [-0.2, 0) is 14.8 Å². The second-order valence-electron chi connectivity index (χ2n) is 13.7. The number of carbonyl (C=O) groups excluding carboxylic acids is 1. The molecule has 1 aliphatic heterocycles. The van der Waals surface area contributed by atoms with Crippen LogP contribution in [0.4, 0.5) is 29.6 Å². The largest absolute Gasteiger partial charge is 0.444 e. The first-order valence-electron chi connectivity index (χ1n) is 16.3. The number of halogens is 3. The lowest BCUT2D eigenvalue weighted by atomic mass is 9.87. The van der Waals surface area contributed by atoms with Gasteiger partial charge in [-0.1, -0.05) is 12.1 Å². The highest BCUT2D eigenvalue weighted by Gasteiger charge is 2.54. The Hall–Kier alpha value is -4.66. The third kappa shape index (κ3) is 7.28. The van der Waals surface area contributed by atoms with Gasteiger partial charge in [-0.25, -0.2) is 41.3 Å². The molecule has 2 atom stereocenters. The number of nitrogens with zero attached hydrogens (tertiary/aromatic N) is 5. The molecule has 0 spiro atoms. The van der Waals surface area contributed by atoms with Gasteiger partial charge in [0.1, 0.15) is 23.2 Å². The molecule has 1 saturated heterocycles. The second-order valence-corrected chi connectivity index (χ2v) is 15.6. The van der Waals surface area contributed by atoms with E-state index in [4.69, 9.17) is 14.5 Å². The van der Waals surface area contributed by atoms with Crippen molar-refractivity contribution in [2.24, 2.45) is 0 Å². The summed E-state index contributed by atoms with van der Waals surface area (Å²) in [5.74, 6) is -3.52. The van der Waals surface area contributed by atoms with Crippen LogP contribution in [0.2, 0.25) is 0 Å². The van der Waals surface area contributed by atoms with E-state index in [1.807, 2.05) is 20.8 Å². The fourth-order valence-corrected chi connectivity index (χ4v) is 7.49. The van der Waals surface area contributed by atoms with E-state index in [0.717, 1.165) is 25.2 Å². The maximum atomic E-state index is 15.5. The van der Waals surface area contributed by atoms with Crippen LogP contribution in [0.3, 0.4) is 0 Å². The Morgan fingerprint density at radius 2 is 1.82 bits per heavy atom. The van der Waals surface area contributed by atoms with Crippen molar-refractivity contribution < 1.29 is 35.9 Å². The van der Waals surface area contributed by atoms with Crippen molar-refractivity contribution in [2.75, 3.05) is 29.0 Å². The van der Waals surface area contributed by atoms with Crippen LogP contribution in [0.5, 0.6) is 11.6 Å². The van der Waals surface area contributed by atoms with Crippen LogP contribution in [0.25, 0.3) is 22.0 Å². The number of pyridine rings is 1. The van der Waals surface area contributed by atoms with Gasteiger partial charge in [0.15, 0.2) is 0 Å². The number of amides is 1. The zero-order chi connectivity index (χ0) is 36.0. The fraction of sp³-hybridized carbons (Fsp3) is 0.429. The van der Waals surface area contributed by atoms with Crippen molar-refractivity contribution in [3.63, 3.8) is 0 Å². The Morgan fingerprint density at radius 3 is 2.50 bits per heavy atom. The lowest BCUT2D eigenvalue weighted by molar-refractivity contribution is -0.0898. The molecule has 0 radical (unpaired) electrons. The highest BCUT2D eigenvalue weighted by Crippen LogP contribution is 2.47. The predicted molar refractivity (Wildman–Crippen MR) is 184 cm³/mol. The van der Waals surface area contributed by atoms with Crippen LogP contribution >= 0.6 is 0 Å². The van der Waals surface area contributed by atoms with E-state index in [1.165, 1.54) is 18.3 Å². The van der Waals surface area contributed by atoms with E-state index in [-0.39, 0.29) is 35.6 Å². The quantitative estimate of drug-likeness (QED) is 0.200.